The average Bonchev–Trinajstić information content (AvgIpc) is 1.93. The van der Waals surface area contributed by atoms with Crippen LogP contribution in [0.4, 0.5) is 13.3 Å². The van der Waals surface area contributed by atoms with Crippen LogP contribution in [0.3, 0.4) is 0 Å². The molecule has 0 unspecified atom stereocenters. The van der Waals surface area contributed by atoms with Crippen molar-refractivity contribution in [2.75, 3.05) is 6.67 Å². The SMILES string of the molecule is FC1=NCN(F)C(F)=C1Cl. The first-order valence-electron chi connectivity index (χ1n) is 2.32. The fourth-order valence-corrected chi connectivity index (χ4v) is 0.599. The smallest absolute Gasteiger partial charge is 0.232 e. The molecule has 0 aliphatic carbocycles. The molecule has 0 saturated carbocycles. The van der Waals surface area contributed by atoms with Crippen LogP contribution in [0.2, 0.25) is 0 Å². The van der Waals surface area contributed by atoms with Crippen LogP contribution in [0, 0.1) is 0 Å². The molecule has 0 fully saturated rings. The molecule has 1 aliphatic heterocycles. The number of hydrogen-bond acceptors (Lipinski definition) is 2. The summed E-state index contributed by atoms with van der Waals surface area (Å²) >= 11 is 4.93. The molecule has 0 radical (unpaired) electrons. The van der Waals surface area contributed by atoms with Crippen molar-refractivity contribution in [1.82, 2.24) is 5.12 Å². The van der Waals surface area contributed by atoms with E-state index in [1.165, 1.54) is 0 Å². The molecule has 2 nitrogen and oxygen atoms in total. The second kappa shape index (κ2) is 2.49. The fraction of sp³-hybridized carbons (Fsp3) is 0.250. The van der Waals surface area contributed by atoms with Crippen LogP contribution in [-0.2, 0) is 0 Å². The molecule has 0 spiro atoms. The highest BCUT2D eigenvalue weighted by Crippen LogP contribution is 2.22. The van der Waals surface area contributed by atoms with Gasteiger partial charge in [-0.2, -0.15) is 13.9 Å². The normalized spacial score (nSPS) is 19.6. The number of halogens is 4. The van der Waals surface area contributed by atoms with Gasteiger partial charge in [0.2, 0.25) is 11.9 Å². The molecule has 0 amide bonds. The highest BCUT2D eigenvalue weighted by Gasteiger charge is 2.21. The molecule has 0 saturated heterocycles. The van der Waals surface area contributed by atoms with Crippen molar-refractivity contribution in [3.63, 3.8) is 0 Å². The zero-order valence-electron chi connectivity index (χ0n) is 4.61. The molecule has 6 heteroatoms. The first-order valence-corrected chi connectivity index (χ1v) is 2.69. The maximum absolute atomic E-state index is 12.2. The molecule has 1 rings (SSSR count). The molecule has 0 aromatic heterocycles. The maximum Gasteiger partial charge on any atom is 0.242 e. The van der Waals surface area contributed by atoms with E-state index in [9.17, 15) is 13.3 Å². The monoisotopic (exact) mass is 170 g/mol. The Bertz CT molecular complexity index is 213. The van der Waals surface area contributed by atoms with Crippen molar-refractivity contribution in [1.29, 1.82) is 0 Å². The van der Waals surface area contributed by atoms with Crippen LogP contribution in [0.1, 0.15) is 0 Å². The van der Waals surface area contributed by atoms with Crippen molar-refractivity contribution in [3.8, 4) is 0 Å². The minimum Gasteiger partial charge on any atom is -0.232 e. The third-order valence-corrected chi connectivity index (χ3v) is 1.22. The van der Waals surface area contributed by atoms with Gasteiger partial charge >= 0.3 is 0 Å². The van der Waals surface area contributed by atoms with Gasteiger partial charge in [0.25, 0.3) is 0 Å². The predicted molar refractivity (Wildman–Crippen MR) is 30.3 cm³/mol. The highest BCUT2D eigenvalue weighted by molar-refractivity contribution is 6.42. The van der Waals surface area contributed by atoms with Crippen molar-refractivity contribution in [3.05, 3.63) is 11.0 Å². The van der Waals surface area contributed by atoms with E-state index in [2.05, 4.69) is 4.99 Å². The zero-order valence-corrected chi connectivity index (χ0v) is 5.37. The molecular weight excluding hydrogens is 169 g/mol. The summed E-state index contributed by atoms with van der Waals surface area (Å²) in [6, 6.07) is 0. The molecule has 0 aromatic rings. The summed E-state index contributed by atoms with van der Waals surface area (Å²) in [6.07, 6.45) is 0. The van der Waals surface area contributed by atoms with Gasteiger partial charge in [-0.15, -0.1) is 0 Å². The molecule has 0 atom stereocenters. The Balaban J connectivity index is 2.94. The lowest BCUT2D eigenvalue weighted by molar-refractivity contribution is 0.0382. The van der Waals surface area contributed by atoms with E-state index in [0.717, 1.165) is 0 Å². The third kappa shape index (κ3) is 1.09. The van der Waals surface area contributed by atoms with Crippen LogP contribution in [-0.4, -0.2) is 17.8 Å². The van der Waals surface area contributed by atoms with E-state index in [1.807, 2.05) is 0 Å². The van der Waals surface area contributed by atoms with Gasteiger partial charge in [-0.3, -0.25) is 0 Å². The van der Waals surface area contributed by atoms with Crippen LogP contribution < -0.4 is 0 Å². The standard InChI is InChI=1S/C4H2ClF3N2/c5-2-3(6)9-1-10(8)4(2)7/h1H2. The van der Waals surface area contributed by atoms with Crippen molar-refractivity contribution in [2.45, 2.75) is 0 Å². The van der Waals surface area contributed by atoms with Gasteiger partial charge in [0, 0.05) is 0 Å². The van der Waals surface area contributed by atoms with Crippen LogP contribution >= 0.6 is 11.6 Å². The van der Waals surface area contributed by atoms with Gasteiger partial charge in [0.1, 0.15) is 6.67 Å². The van der Waals surface area contributed by atoms with Gasteiger partial charge in [0.15, 0.2) is 5.03 Å². The maximum atomic E-state index is 12.2. The Morgan fingerprint density at radius 1 is 1.50 bits per heavy atom. The summed E-state index contributed by atoms with van der Waals surface area (Å²) in [5.41, 5.74) is 0. The molecule has 0 N–H and O–H groups in total. The Hall–Kier alpha value is -0.710. The Kier molecular flexibility index (Phi) is 1.85. The van der Waals surface area contributed by atoms with E-state index < -0.39 is 23.6 Å². The number of rotatable bonds is 0. The summed E-state index contributed by atoms with van der Waals surface area (Å²) in [5.74, 6) is -2.61. The first kappa shape index (κ1) is 7.40. The fourth-order valence-electron chi connectivity index (χ4n) is 0.447. The molecule has 1 heterocycles. The summed E-state index contributed by atoms with van der Waals surface area (Å²) in [5, 5.41) is -1.31. The van der Waals surface area contributed by atoms with E-state index >= 15 is 0 Å². The van der Waals surface area contributed by atoms with Gasteiger partial charge in [-0.05, 0) is 0 Å². The summed E-state index contributed by atoms with van der Waals surface area (Å²) < 4.78 is 36.4. The summed E-state index contributed by atoms with van der Waals surface area (Å²) in [6.45, 7) is -0.687. The second-order valence-corrected chi connectivity index (χ2v) is 1.94. The van der Waals surface area contributed by atoms with Gasteiger partial charge in [-0.25, -0.2) is 4.99 Å². The first-order chi connectivity index (χ1) is 4.63. The lowest BCUT2D eigenvalue weighted by Crippen LogP contribution is -2.18. The zero-order chi connectivity index (χ0) is 7.72. The van der Waals surface area contributed by atoms with Gasteiger partial charge in [0.05, 0.1) is 0 Å². The molecular formula is C4H2ClF3N2. The second-order valence-electron chi connectivity index (χ2n) is 1.56. The van der Waals surface area contributed by atoms with E-state index in [0.29, 0.717) is 0 Å². The lowest BCUT2D eigenvalue weighted by Gasteiger charge is -2.12. The Morgan fingerprint density at radius 3 is 2.60 bits per heavy atom. The Morgan fingerprint density at radius 2 is 2.10 bits per heavy atom. The Labute approximate surface area is 59.5 Å². The van der Waals surface area contributed by atoms with Gasteiger partial charge < -0.3 is 0 Å². The number of nitrogens with zero attached hydrogens (tertiary/aromatic N) is 2. The summed E-state index contributed by atoms with van der Waals surface area (Å²) in [4.78, 5) is 2.91. The summed E-state index contributed by atoms with van der Waals surface area (Å²) in [7, 11) is 0. The molecule has 1 aliphatic rings. The van der Waals surface area contributed by atoms with Gasteiger partial charge in [-0.1, -0.05) is 16.1 Å². The largest absolute Gasteiger partial charge is 0.242 e. The van der Waals surface area contributed by atoms with Crippen LogP contribution in [0.25, 0.3) is 0 Å². The molecule has 0 bridgehead atoms. The third-order valence-electron chi connectivity index (χ3n) is 0.909. The lowest BCUT2D eigenvalue weighted by atomic mass is 10.5. The molecule has 10 heavy (non-hydrogen) atoms. The minimum atomic E-state index is -1.44. The van der Waals surface area contributed by atoms with E-state index in [-0.39, 0.29) is 5.12 Å². The van der Waals surface area contributed by atoms with E-state index in [4.69, 9.17) is 11.6 Å². The average molecular weight is 171 g/mol. The predicted octanol–water partition coefficient (Wildman–Crippen LogP) is 1.89. The topological polar surface area (TPSA) is 15.6 Å². The quantitative estimate of drug-likeness (QED) is 0.400. The van der Waals surface area contributed by atoms with Crippen molar-refractivity contribution in [2.24, 2.45) is 4.99 Å². The number of hydrogen-bond donors (Lipinski definition) is 0. The van der Waals surface area contributed by atoms with E-state index in [1.54, 1.807) is 0 Å². The molecule has 56 valence electrons. The van der Waals surface area contributed by atoms with Crippen molar-refractivity contribution >= 4 is 17.6 Å². The van der Waals surface area contributed by atoms with Crippen LogP contribution in [0.15, 0.2) is 16.0 Å². The van der Waals surface area contributed by atoms with Crippen LogP contribution in [0.5, 0.6) is 0 Å². The number of allylic oxidation sites excluding steroid dienone is 1. The molecule has 0 aromatic carbocycles. The minimum absolute atomic E-state index is 0.384. The number of aliphatic imine (C=N–C) groups is 1. The highest BCUT2D eigenvalue weighted by atomic mass is 35.5. The van der Waals surface area contributed by atoms with Crippen molar-refractivity contribution < 1.29 is 13.3 Å².